The van der Waals surface area contributed by atoms with Gasteiger partial charge in [0.1, 0.15) is 0 Å². The van der Waals surface area contributed by atoms with Gasteiger partial charge in [-0.2, -0.15) is 0 Å². The summed E-state index contributed by atoms with van der Waals surface area (Å²) in [5.41, 5.74) is 2.33. The predicted octanol–water partition coefficient (Wildman–Crippen LogP) is 3.01. The molecule has 0 saturated carbocycles. The summed E-state index contributed by atoms with van der Waals surface area (Å²) in [4.78, 5) is 39.9. The van der Waals surface area contributed by atoms with Crippen molar-refractivity contribution in [3.63, 3.8) is 0 Å². The molecule has 2 amide bonds. The molecule has 2 aromatic carbocycles. The number of carbonyl (C=O) groups is 2. The fraction of sp³-hybridized carbons (Fsp3) is 0.273. The van der Waals surface area contributed by atoms with E-state index < -0.39 is 21.3 Å². The molecule has 0 unspecified atom stereocenters. The first-order valence-corrected chi connectivity index (χ1v) is 12.0. The highest BCUT2D eigenvalue weighted by Crippen LogP contribution is 2.11. The van der Waals surface area contributed by atoms with Gasteiger partial charge in [0.2, 0.25) is 5.24 Å². The van der Waals surface area contributed by atoms with Gasteiger partial charge in [0, 0.05) is 13.0 Å². The van der Waals surface area contributed by atoms with Gasteiger partial charge in [0.15, 0.2) is 0 Å². The van der Waals surface area contributed by atoms with Crippen molar-refractivity contribution in [3.8, 4) is 0 Å². The topological polar surface area (TPSA) is 138 Å². The Balaban J connectivity index is 0.000000268. The predicted molar refractivity (Wildman–Crippen MR) is 127 cm³/mol. The Kier molecular flexibility index (Phi) is 9.56. The molecule has 0 spiro atoms. The highest BCUT2D eigenvalue weighted by Gasteiger charge is 2.17. The number of hydrogen-bond acceptors (Lipinski definition) is 6. The van der Waals surface area contributed by atoms with Crippen molar-refractivity contribution in [1.29, 1.82) is 0 Å². The Morgan fingerprint density at radius 1 is 1.12 bits per heavy atom. The number of aromatic amines is 1. The van der Waals surface area contributed by atoms with Gasteiger partial charge in [0.25, 0.3) is 15.6 Å². The minimum atomic E-state index is -3.92. The van der Waals surface area contributed by atoms with Crippen molar-refractivity contribution in [2.24, 2.45) is 0 Å². The molecular formula is C22H25ClN4O5S. The monoisotopic (exact) mass is 492 g/mol. The quantitative estimate of drug-likeness (QED) is 0.342. The number of halogens is 1. The molecular weight excluding hydrogens is 468 g/mol. The second-order valence-electron chi connectivity index (χ2n) is 7.14. The third kappa shape index (κ3) is 8.32. The Morgan fingerprint density at radius 2 is 1.82 bits per heavy atom. The first-order valence-electron chi connectivity index (χ1n) is 10.1. The third-order valence-corrected chi connectivity index (χ3v) is 5.90. The van der Waals surface area contributed by atoms with Gasteiger partial charge in [0.05, 0.1) is 22.1 Å². The smallest absolute Gasteiger partial charge is 0.328 e. The van der Waals surface area contributed by atoms with Crippen LogP contribution in [0.5, 0.6) is 0 Å². The highest BCUT2D eigenvalue weighted by atomic mass is 35.5. The van der Waals surface area contributed by atoms with Gasteiger partial charge in [-0.25, -0.2) is 22.9 Å². The lowest BCUT2D eigenvalue weighted by Gasteiger charge is -2.08. The van der Waals surface area contributed by atoms with Crippen LogP contribution in [-0.2, 0) is 21.2 Å². The second-order valence-corrected chi connectivity index (χ2v) is 9.25. The molecule has 176 valence electrons. The first-order chi connectivity index (χ1) is 15.6. The van der Waals surface area contributed by atoms with E-state index in [2.05, 4.69) is 15.3 Å². The number of H-pyrrole nitrogens is 1. The van der Waals surface area contributed by atoms with Crippen molar-refractivity contribution in [3.05, 3.63) is 70.3 Å². The number of aromatic nitrogens is 2. The van der Waals surface area contributed by atoms with Crippen LogP contribution in [0.25, 0.3) is 10.9 Å². The molecule has 0 aliphatic rings. The van der Waals surface area contributed by atoms with Crippen molar-refractivity contribution in [2.75, 3.05) is 6.54 Å². The van der Waals surface area contributed by atoms with Crippen LogP contribution in [0.4, 0.5) is 4.79 Å². The molecule has 33 heavy (non-hydrogen) atoms. The van der Waals surface area contributed by atoms with E-state index in [1.54, 1.807) is 0 Å². The lowest BCUT2D eigenvalue weighted by Crippen LogP contribution is -2.39. The number of hydrogen-bond donors (Lipinski definition) is 3. The Hall–Kier alpha value is -3.24. The van der Waals surface area contributed by atoms with Crippen molar-refractivity contribution in [1.82, 2.24) is 20.0 Å². The van der Waals surface area contributed by atoms with Gasteiger partial charge in [-0.3, -0.25) is 9.59 Å². The molecule has 1 aromatic heterocycles. The first kappa shape index (κ1) is 26.0. The van der Waals surface area contributed by atoms with E-state index in [1.165, 1.54) is 30.6 Å². The maximum Gasteiger partial charge on any atom is 0.328 e. The molecule has 0 fully saturated rings. The SMILES string of the molecule is CCCCNC(=O)NS(=O)(=O)c1ccc(CC(=O)Cl)cc1.Cc1ccc2nc[nH]c(=O)c2c1. The molecule has 3 aromatic rings. The Bertz CT molecular complexity index is 1270. The van der Waals surface area contributed by atoms with E-state index in [0.29, 0.717) is 17.5 Å². The van der Waals surface area contributed by atoms with Crippen LogP contribution in [0.2, 0.25) is 0 Å². The van der Waals surface area contributed by atoms with Gasteiger partial charge in [-0.1, -0.05) is 37.1 Å². The number of nitrogens with one attached hydrogen (secondary N) is 3. The normalized spacial score (nSPS) is 10.8. The van der Waals surface area contributed by atoms with Crippen LogP contribution >= 0.6 is 11.6 Å². The van der Waals surface area contributed by atoms with Crippen LogP contribution in [0, 0.1) is 6.92 Å². The van der Waals surface area contributed by atoms with Crippen LogP contribution in [0.15, 0.2) is 58.5 Å². The van der Waals surface area contributed by atoms with E-state index in [0.717, 1.165) is 23.9 Å². The number of rotatable bonds is 7. The van der Waals surface area contributed by atoms with Gasteiger partial charge >= 0.3 is 6.03 Å². The summed E-state index contributed by atoms with van der Waals surface area (Å²) in [6.45, 7) is 4.32. The summed E-state index contributed by atoms with van der Waals surface area (Å²) < 4.78 is 25.8. The van der Waals surface area contributed by atoms with Gasteiger partial charge < -0.3 is 10.3 Å². The van der Waals surface area contributed by atoms with E-state index in [1.807, 2.05) is 36.8 Å². The van der Waals surface area contributed by atoms with Crippen LogP contribution < -0.4 is 15.6 Å². The van der Waals surface area contributed by atoms with E-state index in [4.69, 9.17) is 11.6 Å². The number of benzene rings is 2. The maximum absolute atomic E-state index is 11.9. The molecule has 0 saturated heterocycles. The number of fused-ring (bicyclic) bond motifs is 1. The molecule has 0 radical (unpaired) electrons. The van der Waals surface area contributed by atoms with E-state index in [9.17, 15) is 22.8 Å². The largest absolute Gasteiger partial charge is 0.337 e. The molecule has 0 aliphatic carbocycles. The number of aryl methyl sites for hydroxylation is 1. The summed E-state index contributed by atoms with van der Waals surface area (Å²) in [5.74, 6) is 0. The molecule has 9 nitrogen and oxygen atoms in total. The average Bonchev–Trinajstić information content (AvgIpc) is 2.75. The number of urea groups is 1. The molecule has 1 heterocycles. The molecule has 0 bridgehead atoms. The van der Waals surface area contributed by atoms with Gasteiger partial charge in [-0.05, 0) is 54.8 Å². The zero-order valence-electron chi connectivity index (χ0n) is 18.2. The van der Waals surface area contributed by atoms with Crippen molar-refractivity contribution in [2.45, 2.75) is 38.0 Å². The number of carbonyl (C=O) groups excluding carboxylic acids is 2. The second kappa shape index (κ2) is 12.1. The molecule has 0 aliphatic heterocycles. The molecule has 3 N–H and O–H groups in total. The molecule has 11 heteroatoms. The summed E-state index contributed by atoms with van der Waals surface area (Å²) in [7, 11) is -3.92. The molecule has 0 atom stereocenters. The zero-order chi connectivity index (χ0) is 24.4. The summed E-state index contributed by atoms with van der Waals surface area (Å²) in [5, 5.41) is 2.58. The van der Waals surface area contributed by atoms with Crippen LogP contribution in [-0.4, -0.2) is 36.2 Å². The maximum atomic E-state index is 11.9. The third-order valence-electron chi connectivity index (χ3n) is 4.42. The minimum Gasteiger partial charge on any atom is -0.337 e. The number of unbranched alkanes of at least 4 members (excludes halogenated alkanes) is 1. The highest BCUT2D eigenvalue weighted by molar-refractivity contribution is 7.90. The van der Waals surface area contributed by atoms with Gasteiger partial charge in [-0.15, -0.1) is 0 Å². The Morgan fingerprint density at radius 3 is 2.45 bits per heavy atom. The molecule has 3 rings (SSSR count). The van der Waals surface area contributed by atoms with Crippen LogP contribution in [0.1, 0.15) is 30.9 Å². The van der Waals surface area contributed by atoms with E-state index >= 15 is 0 Å². The fourth-order valence-electron chi connectivity index (χ4n) is 2.73. The summed E-state index contributed by atoms with van der Waals surface area (Å²) in [6, 6.07) is 10.4. The minimum absolute atomic E-state index is 0.0207. The lowest BCUT2D eigenvalue weighted by atomic mass is 10.2. The summed E-state index contributed by atoms with van der Waals surface area (Å²) in [6.07, 6.45) is 3.11. The van der Waals surface area contributed by atoms with Crippen molar-refractivity contribution >= 4 is 43.8 Å². The lowest BCUT2D eigenvalue weighted by molar-refractivity contribution is -0.111. The average molecular weight is 493 g/mol. The van der Waals surface area contributed by atoms with Crippen molar-refractivity contribution < 1.29 is 18.0 Å². The zero-order valence-corrected chi connectivity index (χ0v) is 19.8. The van der Waals surface area contributed by atoms with E-state index in [-0.39, 0.29) is 16.9 Å². The number of nitrogens with zero attached hydrogens (tertiary/aromatic N) is 1. The fourth-order valence-corrected chi connectivity index (χ4v) is 3.81. The number of sulfonamides is 1. The Labute approximate surface area is 196 Å². The summed E-state index contributed by atoms with van der Waals surface area (Å²) >= 11 is 5.25. The standard InChI is InChI=1S/C13H17ClN2O4S.C9H8N2O/c1-2-3-8-15-13(18)16-21(19,20)11-6-4-10(5-7-11)9-12(14)17;1-6-2-3-8-7(4-6)9(12)11-5-10-8/h4-7H,2-3,8-9H2,1H3,(H2,15,16,18);2-5H,1H3,(H,10,11,12). The van der Waals surface area contributed by atoms with Crippen LogP contribution in [0.3, 0.4) is 0 Å². The number of amides is 2.